The highest BCUT2D eigenvalue weighted by atomic mass is 16.6. The van der Waals surface area contributed by atoms with Crippen molar-refractivity contribution in [3.63, 3.8) is 0 Å². The molecule has 2 aromatic rings. The molecule has 0 saturated carbocycles. The van der Waals surface area contributed by atoms with Crippen LogP contribution in [0.2, 0.25) is 0 Å². The Kier molecular flexibility index (Phi) is 3.57. The van der Waals surface area contributed by atoms with Gasteiger partial charge < -0.3 is 4.57 Å². The average molecular weight is 230 g/mol. The zero-order valence-electron chi connectivity index (χ0n) is 9.59. The monoisotopic (exact) mass is 230 g/mol. The van der Waals surface area contributed by atoms with Gasteiger partial charge in [0, 0.05) is 23.6 Å². The molecule has 0 aliphatic heterocycles. The number of hydrogen-bond acceptors (Lipinski definition) is 2. The van der Waals surface area contributed by atoms with Crippen LogP contribution in [0.1, 0.15) is 17.3 Å². The van der Waals surface area contributed by atoms with Crippen LogP contribution in [0.4, 0.5) is 0 Å². The van der Waals surface area contributed by atoms with Crippen molar-refractivity contribution in [3.8, 4) is 5.69 Å². The van der Waals surface area contributed by atoms with E-state index in [1.54, 1.807) is 12.1 Å². The maximum Gasteiger partial charge on any atom is 0.274 e. The Bertz CT molecular complexity index is 475. The van der Waals surface area contributed by atoms with Crippen molar-refractivity contribution >= 4 is 5.91 Å². The van der Waals surface area contributed by atoms with Gasteiger partial charge in [0.05, 0.1) is 6.61 Å². The lowest BCUT2D eigenvalue weighted by Gasteiger charge is -2.06. The predicted octanol–water partition coefficient (Wildman–Crippen LogP) is 2.16. The summed E-state index contributed by atoms with van der Waals surface area (Å²) in [6, 6.07) is 11.2. The molecule has 0 saturated heterocycles. The van der Waals surface area contributed by atoms with Gasteiger partial charge in [-0.25, -0.2) is 5.48 Å². The largest absolute Gasteiger partial charge is 0.324 e. The highest BCUT2D eigenvalue weighted by Crippen LogP contribution is 2.09. The molecule has 1 aromatic heterocycles. The average Bonchev–Trinajstić information content (AvgIpc) is 2.90. The Hall–Kier alpha value is -2.07. The molecular formula is C13H14N2O2. The summed E-state index contributed by atoms with van der Waals surface area (Å²) in [5.41, 5.74) is 3.95. The molecule has 0 radical (unpaired) electrons. The molecule has 1 amide bonds. The minimum atomic E-state index is -0.231. The van der Waals surface area contributed by atoms with E-state index >= 15 is 0 Å². The second-order valence-corrected chi connectivity index (χ2v) is 3.50. The molecule has 0 aliphatic carbocycles. The maximum atomic E-state index is 11.6. The molecule has 0 fully saturated rings. The predicted molar refractivity (Wildman–Crippen MR) is 64.9 cm³/mol. The van der Waals surface area contributed by atoms with E-state index in [2.05, 4.69) is 5.48 Å². The van der Waals surface area contributed by atoms with Crippen molar-refractivity contribution in [1.82, 2.24) is 10.0 Å². The first kappa shape index (κ1) is 11.4. The SMILES string of the molecule is CCONC(=O)c1ccc(-n2cccc2)cc1. The van der Waals surface area contributed by atoms with E-state index in [0.717, 1.165) is 5.69 Å². The number of rotatable bonds is 4. The lowest BCUT2D eigenvalue weighted by atomic mass is 10.2. The van der Waals surface area contributed by atoms with E-state index in [-0.39, 0.29) is 5.91 Å². The fourth-order valence-corrected chi connectivity index (χ4v) is 1.49. The molecule has 0 bridgehead atoms. The van der Waals surface area contributed by atoms with Crippen LogP contribution in [0.3, 0.4) is 0 Å². The summed E-state index contributed by atoms with van der Waals surface area (Å²) in [4.78, 5) is 16.4. The van der Waals surface area contributed by atoms with Crippen molar-refractivity contribution < 1.29 is 9.63 Å². The molecule has 2 rings (SSSR count). The highest BCUT2D eigenvalue weighted by molar-refractivity contribution is 5.93. The van der Waals surface area contributed by atoms with Crippen molar-refractivity contribution in [2.75, 3.05) is 6.61 Å². The topological polar surface area (TPSA) is 43.3 Å². The number of benzene rings is 1. The molecule has 17 heavy (non-hydrogen) atoms. The van der Waals surface area contributed by atoms with Crippen LogP contribution in [-0.2, 0) is 4.84 Å². The summed E-state index contributed by atoms with van der Waals surface area (Å²) >= 11 is 0. The van der Waals surface area contributed by atoms with Crippen LogP contribution in [0.5, 0.6) is 0 Å². The number of carbonyl (C=O) groups is 1. The van der Waals surface area contributed by atoms with Crippen LogP contribution in [0, 0.1) is 0 Å². The smallest absolute Gasteiger partial charge is 0.274 e. The van der Waals surface area contributed by atoms with Crippen molar-refractivity contribution in [2.24, 2.45) is 0 Å². The summed E-state index contributed by atoms with van der Waals surface area (Å²) in [7, 11) is 0. The molecule has 88 valence electrons. The number of nitrogens with zero attached hydrogens (tertiary/aromatic N) is 1. The van der Waals surface area contributed by atoms with Gasteiger partial charge in [0.15, 0.2) is 0 Å². The van der Waals surface area contributed by atoms with Gasteiger partial charge in [0.2, 0.25) is 0 Å². The zero-order chi connectivity index (χ0) is 12.1. The Morgan fingerprint density at radius 2 is 1.88 bits per heavy atom. The summed E-state index contributed by atoms with van der Waals surface area (Å²) in [5, 5.41) is 0. The van der Waals surface area contributed by atoms with Gasteiger partial charge in [0.1, 0.15) is 0 Å². The summed E-state index contributed by atoms with van der Waals surface area (Å²) < 4.78 is 1.98. The number of hydrogen-bond donors (Lipinski definition) is 1. The third-order valence-corrected chi connectivity index (χ3v) is 2.34. The van der Waals surface area contributed by atoms with E-state index in [1.807, 2.05) is 48.1 Å². The first-order valence-corrected chi connectivity index (χ1v) is 5.47. The number of hydroxylamine groups is 1. The lowest BCUT2D eigenvalue weighted by molar-refractivity contribution is 0.0364. The standard InChI is InChI=1S/C13H14N2O2/c1-2-17-14-13(16)11-5-7-12(8-6-11)15-9-3-4-10-15/h3-10H,2H2,1H3,(H,14,16). The molecule has 0 aliphatic rings. The Balaban J connectivity index is 2.10. The molecule has 0 spiro atoms. The minimum absolute atomic E-state index is 0.231. The maximum absolute atomic E-state index is 11.6. The Labute approximate surface area is 99.8 Å². The summed E-state index contributed by atoms with van der Waals surface area (Å²) in [6.45, 7) is 2.27. The van der Waals surface area contributed by atoms with Crippen LogP contribution < -0.4 is 5.48 Å². The first-order chi connectivity index (χ1) is 8.31. The number of nitrogens with one attached hydrogen (secondary N) is 1. The first-order valence-electron chi connectivity index (χ1n) is 5.47. The van der Waals surface area contributed by atoms with Gasteiger partial charge in [-0.1, -0.05) is 0 Å². The molecule has 4 heteroatoms. The fourth-order valence-electron chi connectivity index (χ4n) is 1.49. The van der Waals surface area contributed by atoms with Gasteiger partial charge in [-0.2, -0.15) is 0 Å². The van der Waals surface area contributed by atoms with E-state index in [9.17, 15) is 4.79 Å². The highest BCUT2D eigenvalue weighted by Gasteiger charge is 2.04. The van der Waals surface area contributed by atoms with Gasteiger partial charge in [0.25, 0.3) is 5.91 Å². The normalized spacial score (nSPS) is 10.2. The van der Waals surface area contributed by atoms with Gasteiger partial charge >= 0.3 is 0 Å². The zero-order valence-corrected chi connectivity index (χ0v) is 9.59. The van der Waals surface area contributed by atoms with Gasteiger partial charge in [-0.05, 0) is 43.3 Å². The van der Waals surface area contributed by atoms with Gasteiger partial charge in [-0.3, -0.25) is 9.63 Å². The van der Waals surface area contributed by atoms with Crippen molar-refractivity contribution in [3.05, 3.63) is 54.4 Å². The van der Waals surface area contributed by atoms with Crippen molar-refractivity contribution in [2.45, 2.75) is 6.92 Å². The van der Waals surface area contributed by atoms with Crippen LogP contribution in [0.25, 0.3) is 5.69 Å². The Morgan fingerprint density at radius 1 is 1.24 bits per heavy atom. The number of amides is 1. The summed E-state index contributed by atoms with van der Waals surface area (Å²) in [5.74, 6) is -0.231. The molecular weight excluding hydrogens is 216 g/mol. The summed E-state index contributed by atoms with van der Waals surface area (Å²) in [6.07, 6.45) is 3.91. The van der Waals surface area contributed by atoms with Gasteiger partial charge in [-0.15, -0.1) is 0 Å². The van der Waals surface area contributed by atoms with Crippen LogP contribution in [0.15, 0.2) is 48.8 Å². The van der Waals surface area contributed by atoms with Crippen LogP contribution in [-0.4, -0.2) is 17.1 Å². The third kappa shape index (κ3) is 2.73. The van der Waals surface area contributed by atoms with Crippen molar-refractivity contribution in [1.29, 1.82) is 0 Å². The second-order valence-electron chi connectivity index (χ2n) is 3.50. The lowest BCUT2D eigenvalue weighted by Crippen LogP contribution is -2.23. The molecule has 1 heterocycles. The van der Waals surface area contributed by atoms with E-state index < -0.39 is 0 Å². The van der Waals surface area contributed by atoms with E-state index in [1.165, 1.54) is 0 Å². The quantitative estimate of drug-likeness (QED) is 0.818. The Morgan fingerprint density at radius 3 is 2.47 bits per heavy atom. The van der Waals surface area contributed by atoms with E-state index in [4.69, 9.17) is 4.84 Å². The molecule has 0 atom stereocenters. The second kappa shape index (κ2) is 5.32. The molecule has 4 nitrogen and oxygen atoms in total. The molecule has 1 N–H and O–H groups in total. The minimum Gasteiger partial charge on any atom is -0.324 e. The molecule has 1 aromatic carbocycles. The fraction of sp³-hybridized carbons (Fsp3) is 0.154. The third-order valence-electron chi connectivity index (χ3n) is 2.34. The number of aromatic nitrogens is 1. The van der Waals surface area contributed by atoms with Crippen LogP contribution >= 0.6 is 0 Å². The van der Waals surface area contributed by atoms with E-state index in [0.29, 0.717) is 12.2 Å². The molecule has 0 unspecified atom stereocenters. The number of carbonyl (C=O) groups excluding carboxylic acids is 1.